The van der Waals surface area contributed by atoms with Crippen molar-refractivity contribution in [3.05, 3.63) is 35.1 Å². The number of halogens is 1. The maximum atomic E-state index is 13.6. The molecule has 0 fully saturated rings. The van der Waals surface area contributed by atoms with Crippen molar-refractivity contribution in [3.8, 4) is 0 Å². The second-order valence-corrected chi connectivity index (χ2v) is 4.66. The molecular weight excluding hydrogens is 249 g/mol. The van der Waals surface area contributed by atoms with Crippen LogP contribution in [-0.2, 0) is 4.79 Å². The number of hydrogen-bond acceptors (Lipinski definition) is 2. The third-order valence-electron chi connectivity index (χ3n) is 3.13. The van der Waals surface area contributed by atoms with Gasteiger partial charge in [-0.2, -0.15) is 0 Å². The van der Waals surface area contributed by atoms with Crippen LogP contribution >= 0.6 is 0 Å². The van der Waals surface area contributed by atoms with Gasteiger partial charge in [-0.15, -0.1) is 0 Å². The topological polar surface area (TPSA) is 66.4 Å². The minimum absolute atomic E-state index is 0.139. The van der Waals surface area contributed by atoms with Crippen molar-refractivity contribution in [2.45, 2.75) is 33.2 Å². The van der Waals surface area contributed by atoms with Gasteiger partial charge in [0.15, 0.2) is 0 Å². The first-order chi connectivity index (χ1) is 8.86. The molecule has 1 aromatic rings. The Bertz CT molecular complexity index is 488. The molecule has 0 aromatic heterocycles. The Labute approximate surface area is 111 Å². The molecule has 2 N–H and O–H groups in total. The molecule has 5 heteroatoms. The van der Waals surface area contributed by atoms with Crippen molar-refractivity contribution >= 4 is 11.9 Å². The molecule has 1 unspecified atom stereocenters. The van der Waals surface area contributed by atoms with Gasteiger partial charge in [-0.25, -0.2) is 9.18 Å². The van der Waals surface area contributed by atoms with Gasteiger partial charge in [-0.05, 0) is 30.5 Å². The number of aliphatic carboxylic acids is 1. The van der Waals surface area contributed by atoms with Crippen LogP contribution in [0.3, 0.4) is 0 Å². The van der Waals surface area contributed by atoms with Gasteiger partial charge in [-0.3, -0.25) is 4.79 Å². The maximum absolute atomic E-state index is 13.6. The van der Waals surface area contributed by atoms with E-state index in [0.29, 0.717) is 12.0 Å². The van der Waals surface area contributed by atoms with Crippen LogP contribution in [0.2, 0.25) is 0 Å². The molecule has 0 bridgehead atoms. The highest BCUT2D eigenvalue weighted by Crippen LogP contribution is 2.12. The monoisotopic (exact) mass is 267 g/mol. The van der Waals surface area contributed by atoms with E-state index >= 15 is 0 Å². The average Bonchev–Trinajstić information content (AvgIpc) is 2.34. The summed E-state index contributed by atoms with van der Waals surface area (Å²) in [6.07, 6.45) is 0.605. The minimum Gasteiger partial charge on any atom is -0.480 e. The number of hydrogen-bond donors (Lipinski definition) is 2. The zero-order valence-corrected chi connectivity index (χ0v) is 11.2. The molecule has 0 aliphatic carbocycles. The van der Waals surface area contributed by atoms with Gasteiger partial charge in [0.05, 0.1) is 5.56 Å². The summed E-state index contributed by atoms with van der Waals surface area (Å²) in [7, 11) is 0. The van der Waals surface area contributed by atoms with Crippen molar-refractivity contribution in [2.24, 2.45) is 5.92 Å². The van der Waals surface area contributed by atoms with Crippen molar-refractivity contribution < 1.29 is 19.1 Å². The quantitative estimate of drug-likeness (QED) is 0.860. The van der Waals surface area contributed by atoms with Crippen LogP contribution in [0.5, 0.6) is 0 Å². The molecule has 4 nitrogen and oxygen atoms in total. The van der Waals surface area contributed by atoms with Crippen molar-refractivity contribution in [2.75, 3.05) is 0 Å². The van der Waals surface area contributed by atoms with E-state index < -0.39 is 23.7 Å². The number of carbonyl (C=O) groups excluding carboxylic acids is 1. The molecule has 0 spiro atoms. The van der Waals surface area contributed by atoms with Crippen LogP contribution in [0.4, 0.5) is 4.39 Å². The molecule has 19 heavy (non-hydrogen) atoms. The highest BCUT2D eigenvalue weighted by Gasteiger charge is 2.26. The number of carboxylic acids is 1. The van der Waals surface area contributed by atoms with Gasteiger partial charge in [-0.1, -0.05) is 26.3 Å². The number of rotatable bonds is 5. The maximum Gasteiger partial charge on any atom is 0.326 e. The number of carbonyl (C=O) groups is 2. The van der Waals surface area contributed by atoms with Gasteiger partial charge in [0, 0.05) is 0 Å². The average molecular weight is 267 g/mol. The van der Waals surface area contributed by atoms with Crippen LogP contribution in [0.1, 0.15) is 36.2 Å². The Kier molecular flexibility index (Phi) is 5.03. The molecule has 104 valence electrons. The summed E-state index contributed by atoms with van der Waals surface area (Å²) in [6, 6.07) is 3.19. The summed E-state index contributed by atoms with van der Waals surface area (Å²) in [5.41, 5.74) is 0.561. The van der Waals surface area contributed by atoms with E-state index in [1.165, 1.54) is 12.1 Å². The molecule has 0 radical (unpaired) electrons. The summed E-state index contributed by atoms with van der Waals surface area (Å²) in [5, 5.41) is 11.4. The molecular formula is C14H18FNO3. The van der Waals surface area contributed by atoms with Gasteiger partial charge >= 0.3 is 5.97 Å². The van der Waals surface area contributed by atoms with E-state index in [1.54, 1.807) is 19.9 Å². The van der Waals surface area contributed by atoms with Gasteiger partial charge in [0.25, 0.3) is 5.91 Å². The summed E-state index contributed by atoms with van der Waals surface area (Å²) in [5.74, 6) is -2.69. The Hall–Kier alpha value is -1.91. The van der Waals surface area contributed by atoms with Crippen LogP contribution in [-0.4, -0.2) is 23.0 Å². The molecule has 0 heterocycles. The van der Waals surface area contributed by atoms with Gasteiger partial charge < -0.3 is 10.4 Å². The van der Waals surface area contributed by atoms with E-state index in [1.807, 2.05) is 6.92 Å². The fourth-order valence-corrected chi connectivity index (χ4v) is 1.71. The lowest BCUT2D eigenvalue weighted by Gasteiger charge is -2.20. The van der Waals surface area contributed by atoms with Gasteiger partial charge in [0.1, 0.15) is 11.9 Å². The SMILES string of the molecule is CCC(C)[C@H](NC(=O)c1ccc(C)cc1F)C(=O)O. The summed E-state index contributed by atoms with van der Waals surface area (Å²) in [4.78, 5) is 23.0. The van der Waals surface area contributed by atoms with Crippen molar-refractivity contribution in [3.63, 3.8) is 0 Å². The molecule has 0 saturated heterocycles. The van der Waals surface area contributed by atoms with E-state index in [-0.39, 0.29) is 11.5 Å². The second kappa shape index (κ2) is 6.31. The highest BCUT2D eigenvalue weighted by atomic mass is 19.1. The second-order valence-electron chi connectivity index (χ2n) is 4.66. The van der Waals surface area contributed by atoms with Crippen LogP contribution in [0.25, 0.3) is 0 Å². The predicted molar refractivity (Wildman–Crippen MR) is 69.5 cm³/mol. The Morgan fingerprint density at radius 2 is 2.05 bits per heavy atom. The lowest BCUT2D eigenvalue weighted by molar-refractivity contribution is -0.140. The van der Waals surface area contributed by atoms with Crippen LogP contribution < -0.4 is 5.32 Å². The lowest BCUT2D eigenvalue weighted by Crippen LogP contribution is -2.45. The number of carboxylic acid groups (broad SMARTS) is 1. The van der Waals surface area contributed by atoms with E-state index in [9.17, 15) is 14.0 Å². The van der Waals surface area contributed by atoms with E-state index in [2.05, 4.69) is 5.32 Å². The zero-order chi connectivity index (χ0) is 14.6. The fraction of sp³-hybridized carbons (Fsp3) is 0.429. The lowest BCUT2D eigenvalue weighted by atomic mass is 9.99. The number of nitrogens with one attached hydrogen (secondary N) is 1. The normalized spacial score (nSPS) is 13.7. The highest BCUT2D eigenvalue weighted by molar-refractivity contribution is 5.96. The number of aryl methyl sites for hydroxylation is 1. The Morgan fingerprint density at radius 3 is 2.53 bits per heavy atom. The molecule has 0 aliphatic heterocycles. The largest absolute Gasteiger partial charge is 0.480 e. The third-order valence-corrected chi connectivity index (χ3v) is 3.13. The zero-order valence-electron chi connectivity index (χ0n) is 11.2. The fourth-order valence-electron chi connectivity index (χ4n) is 1.71. The van der Waals surface area contributed by atoms with Crippen LogP contribution in [0, 0.1) is 18.7 Å². The standard InChI is InChI=1S/C14H18FNO3/c1-4-9(3)12(14(18)19)16-13(17)10-6-5-8(2)7-11(10)15/h5-7,9,12H,4H2,1-3H3,(H,16,17)(H,18,19)/t9?,12-/m0/s1. The third kappa shape index (κ3) is 3.77. The molecule has 0 aliphatic rings. The number of benzene rings is 1. The number of amides is 1. The van der Waals surface area contributed by atoms with Gasteiger partial charge in [0.2, 0.25) is 0 Å². The first-order valence-electron chi connectivity index (χ1n) is 6.16. The molecule has 1 rings (SSSR count). The molecule has 2 atom stereocenters. The Morgan fingerprint density at radius 1 is 1.42 bits per heavy atom. The molecule has 0 saturated carbocycles. The first-order valence-corrected chi connectivity index (χ1v) is 6.16. The first kappa shape index (κ1) is 15.1. The smallest absolute Gasteiger partial charge is 0.326 e. The predicted octanol–water partition coefficient (Wildman–Crippen LogP) is 2.36. The summed E-state index contributed by atoms with van der Waals surface area (Å²) >= 11 is 0. The van der Waals surface area contributed by atoms with E-state index in [0.717, 1.165) is 0 Å². The minimum atomic E-state index is -1.12. The Balaban J connectivity index is 2.91. The van der Waals surface area contributed by atoms with Crippen molar-refractivity contribution in [1.82, 2.24) is 5.32 Å². The summed E-state index contributed by atoms with van der Waals surface area (Å²) < 4.78 is 13.6. The van der Waals surface area contributed by atoms with E-state index in [4.69, 9.17) is 5.11 Å². The van der Waals surface area contributed by atoms with Crippen molar-refractivity contribution in [1.29, 1.82) is 0 Å². The summed E-state index contributed by atoms with van der Waals surface area (Å²) in [6.45, 7) is 5.27. The molecule has 1 aromatic carbocycles. The molecule has 1 amide bonds. The van der Waals surface area contributed by atoms with Crippen LogP contribution in [0.15, 0.2) is 18.2 Å².